The molecular weight excluding hydrogens is 452 g/mol. The van der Waals surface area contributed by atoms with Crippen LogP contribution in [0.2, 0.25) is 0 Å². The first-order valence-electron chi connectivity index (χ1n) is 11.7. The van der Waals surface area contributed by atoms with Gasteiger partial charge >= 0.3 is 0 Å². The van der Waals surface area contributed by atoms with Gasteiger partial charge in [0.2, 0.25) is 15.9 Å². The molecule has 3 aromatic rings. The minimum Gasteiger partial charge on any atom is -0.497 e. The van der Waals surface area contributed by atoms with E-state index in [4.69, 9.17) is 9.72 Å². The Bertz CT molecular complexity index is 1220. The van der Waals surface area contributed by atoms with Crippen LogP contribution in [0, 0.1) is 0 Å². The highest BCUT2D eigenvalue weighted by Crippen LogP contribution is 2.24. The van der Waals surface area contributed by atoms with Crippen molar-refractivity contribution in [1.29, 1.82) is 0 Å². The molecule has 1 aromatic heterocycles. The van der Waals surface area contributed by atoms with Crippen molar-refractivity contribution in [3.05, 3.63) is 53.9 Å². The number of hydrogen-bond donors (Lipinski definition) is 1. The van der Waals surface area contributed by atoms with Crippen LogP contribution in [0.5, 0.6) is 5.75 Å². The lowest BCUT2D eigenvalue weighted by Gasteiger charge is -2.18. The summed E-state index contributed by atoms with van der Waals surface area (Å²) in [6, 6.07) is 12.7. The van der Waals surface area contributed by atoms with E-state index < -0.39 is 10.0 Å². The number of aromatic nitrogens is 2. The van der Waals surface area contributed by atoms with E-state index in [0.29, 0.717) is 38.0 Å². The fourth-order valence-corrected chi connectivity index (χ4v) is 5.43. The van der Waals surface area contributed by atoms with Gasteiger partial charge in [-0.3, -0.25) is 4.79 Å². The number of nitrogens with zero attached hydrogens (tertiary/aromatic N) is 3. The Hall–Kier alpha value is -2.91. The first kappa shape index (κ1) is 25.7. The normalized spacial score (nSPS) is 11.8. The number of rotatable bonds is 12. The van der Waals surface area contributed by atoms with Crippen LogP contribution in [0.3, 0.4) is 0 Å². The van der Waals surface area contributed by atoms with Crippen molar-refractivity contribution in [3.63, 3.8) is 0 Å². The number of ether oxygens (including phenoxy) is 1. The molecule has 0 aliphatic carbocycles. The molecule has 0 unspecified atom stereocenters. The molecule has 1 heterocycles. The van der Waals surface area contributed by atoms with Crippen molar-refractivity contribution in [2.75, 3.05) is 20.2 Å². The molecule has 34 heavy (non-hydrogen) atoms. The van der Waals surface area contributed by atoms with Crippen LogP contribution in [-0.4, -0.2) is 48.4 Å². The van der Waals surface area contributed by atoms with E-state index in [1.807, 2.05) is 44.2 Å². The Kier molecular flexibility index (Phi) is 8.68. The van der Waals surface area contributed by atoms with Crippen molar-refractivity contribution >= 4 is 27.0 Å². The maximum absolute atomic E-state index is 12.9. The zero-order valence-corrected chi connectivity index (χ0v) is 21.2. The zero-order chi connectivity index (χ0) is 24.7. The standard InChI is InChI=1S/C25H34N4O4S/c1-5-16-29-23-13-12-21(34(31,32)28(6-2)7-3)17-22(23)27-24(29)14-15-25(30)26-18-19-8-10-20(33-4)11-9-19/h8-13,17H,5-7,14-16,18H2,1-4H3,(H,26,30). The number of hydrogen-bond acceptors (Lipinski definition) is 5. The van der Waals surface area contributed by atoms with E-state index in [2.05, 4.69) is 16.8 Å². The third kappa shape index (κ3) is 5.77. The average molecular weight is 487 g/mol. The third-order valence-electron chi connectivity index (χ3n) is 5.81. The van der Waals surface area contributed by atoms with Crippen molar-refractivity contribution in [2.45, 2.75) is 58.0 Å². The van der Waals surface area contributed by atoms with Gasteiger partial charge in [0.15, 0.2) is 0 Å². The van der Waals surface area contributed by atoms with Crippen LogP contribution in [0.4, 0.5) is 0 Å². The van der Waals surface area contributed by atoms with E-state index in [-0.39, 0.29) is 10.8 Å². The maximum Gasteiger partial charge on any atom is 0.243 e. The first-order valence-corrected chi connectivity index (χ1v) is 13.2. The SMILES string of the molecule is CCCn1c(CCC(=O)NCc2ccc(OC)cc2)nc2cc(S(=O)(=O)N(CC)CC)ccc21. The van der Waals surface area contributed by atoms with Gasteiger partial charge in [0.1, 0.15) is 11.6 Å². The molecule has 3 rings (SSSR count). The summed E-state index contributed by atoms with van der Waals surface area (Å²) >= 11 is 0. The number of nitrogens with one attached hydrogen (secondary N) is 1. The Balaban J connectivity index is 1.74. The number of benzene rings is 2. The quantitative estimate of drug-likeness (QED) is 0.421. The Morgan fingerprint density at radius 3 is 2.41 bits per heavy atom. The second-order valence-corrected chi connectivity index (χ2v) is 9.98. The van der Waals surface area contributed by atoms with E-state index in [9.17, 15) is 13.2 Å². The van der Waals surface area contributed by atoms with Gasteiger partial charge < -0.3 is 14.6 Å². The minimum absolute atomic E-state index is 0.0595. The molecule has 1 N–H and O–H groups in total. The van der Waals surface area contributed by atoms with Gasteiger partial charge in [0.25, 0.3) is 0 Å². The van der Waals surface area contributed by atoms with Crippen LogP contribution in [0.15, 0.2) is 47.4 Å². The van der Waals surface area contributed by atoms with Crippen LogP contribution in [-0.2, 0) is 34.3 Å². The van der Waals surface area contributed by atoms with Gasteiger partial charge in [-0.15, -0.1) is 0 Å². The smallest absolute Gasteiger partial charge is 0.243 e. The summed E-state index contributed by atoms with van der Waals surface area (Å²) in [4.78, 5) is 17.4. The lowest BCUT2D eigenvalue weighted by atomic mass is 10.2. The Labute approximate surface area is 202 Å². The topological polar surface area (TPSA) is 93.5 Å². The van der Waals surface area contributed by atoms with Gasteiger partial charge in [-0.1, -0.05) is 32.9 Å². The number of fused-ring (bicyclic) bond motifs is 1. The molecule has 0 radical (unpaired) electrons. The number of methoxy groups -OCH3 is 1. The van der Waals surface area contributed by atoms with E-state index in [1.165, 1.54) is 4.31 Å². The lowest BCUT2D eigenvalue weighted by Crippen LogP contribution is -2.30. The van der Waals surface area contributed by atoms with E-state index in [0.717, 1.165) is 35.6 Å². The van der Waals surface area contributed by atoms with E-state index >= 15 is 0 Å². The maximum atomic E-state index is 12.9. The second-order valence-electron chi connectivity index (χ2n) is 8.04. The van der Waals surface area contributed by atoms with Crippen molar-refractivity contribution < 1.29 is 17.9 Å². The minimum atomic E-state index is -3.56. The molecule has 0 saturated carbocycles. The highest BCUT2D eigenvalue weighted by molar-refractivity contribution is 7.89. The molecule has 0 atom stereocenters. The predicted molar refractivity (Wildman–Crippen MR) is 133 cm³/mol. The highest BCUT2D eigenvalue weighted by Gasteiger charge is 2.23. The summed E-state index contributed by atoms with van der Waals surface area (Å²) in [5.74, 6) is 1.50. The molecule has 0 spiro atoms. The fraction of sp³-hybridized carbons (Fsp3) is 0.440. The van der Waals surface area contributed by atoms with Gasteiger partial charge in [-0.2, -0.15) is 4.31 Å². The number of aryl methyl sites for hydroxylation is 2. The number of carbonyl (C=O) groups excluding carboxylic acids is 1. The van der Waals surface area contributed by atoms with Crippen molar-refractivity contribution in [1.82, 2.24) is 19.2 Å². The lowest BCUT2D eigenvalue weighted by molar-refractivity contribution is -0.121. The second kappa shape index (κ2) is 11.5. The number of carbonyl (C=O) groups is 1. The molecule has 2 aromatic carbocycles. The van der Waals surface area contributed by atoms with Crippen LogP contribution >= 0.6 is 0 Å². The Morgan fingerprint density at radius 2 is 1.79 bits per heavy atom. The summed E-state index contributed by atoms with van der Waals surface area (Å²) in [5, 5.41) is 2.94. The van der Waals surface area contributed by atoms with Crippen LogP contribution in [0.1, 0.15) is 45.0 Å². The van der Waals surface area contributed by atoms with Gasteiger partial charge in [-0.05, 0) is 42.3 Å². The third-order valence-corrected chi connectivity index (χ3v) is 7.86. The molecule has 9 heteroatoms. The molecule has 1 amide bonds. The largest absolute Gasteiger partial charge is 0.497 e. The van der Waals surface area contributed by atoms with Crippen molar-refractivity contribution in [2.24, 2.45) is 0 Å². The number of imidazole rings is 1. The first-order chi connectivity index (χ1) is 16.3. The fourth-order valence-electron chi connectivity index (χ4n) is 3.95. The molecule has 8 nitrogen and oxygen atoms in total. The molecule has 0 bridgehead atoms. The van der Waals surface area contributed by atoms with Gasteiger partial charge in [0, 0.05) is 39.0 Å². The average Bonchev–Trinajstić information content (AvgIpc) is 3.19. The summed E-state index contributed by atoms with van der Waals surface area (Å²) in [6.45, 7) is 7.76. The molecule has 0 saturated heterocycles. The molecule has 0 aliphatic rings. The summed E-state index contributed by atoms with van der Waals surface area (Å²) in [5.41, 5.74) is 2.51. The molecular formula is C25H34N4O4S. The van der Waals surface area contributed by atoms with Crippen LogP contribution in [0.25, 0.3) is 11.0 Å². The summed E-state index contributed by atoms with van der Waals surface area (Å²) < 4.78 is 34.5. The predicted octanol–water partition coefficient (Wildman–Crippen LogP) is 3.73. The molecule has 0 fully saturated rings. The van der Waals surface area contributed by atoms with Gasteiger partial charge in [0.05, 0.1) is 23.0 Å². The Morgan fingerprint density at radius 1 is 1.09 bits per heavy atom. The van der Waals surface area contributed by atoms with Gasteiger partial charge in [-0.25, -0.2) is 13.4 Å². The number of amides is 1. The van der Waals surface area contributed by atoms with E-state index in [1.54, 1.807) is 19.2 Å². The zero-order valence-electron chi connectivity index (χ0n) is 20.4. The molecule has 184 valence electrons. The number of sulfonamides is 1. The highest BCUT2D eigenvalue weighted by atomic mass is 32.2. The monoisotopic (exact) mass is 486 g/mol. The van der Waals surface area contributed by atoms with Crippen LogP contribution < -0.4 is 10.1 Å². The summed E-state index contributed by atoms with van der Waals surface area (Å²) in [6.07, 6.45) is 1.68. The summed E-state index contributed by atoms with van der Waals surface area (Å²) in [7, 11) is -1.94. The van der Waals surface area contributed by atoms with Crippen molar-refractivity contribution in [3.8, 4) is 5.75 Å². The molecule has 0 aliphatic heterocycles.